The van der Waals surface area contributed by atoms with Gasteiger partial charge in [0.05, 0.1) is 0 Å². The van der Waals surface area contributed by atoms with Crippen molar-refractivity contribution in [3.05, 3.63) is 0 Å². The van der Waals surface area contributed by atoms with Crippen molar-refractivity contribution >= 4 is 12.1 Å². The highest BCUT2D eigenvalue weighted by Gasteiger charge is 2.63. The first-order chi connectivity index (χ1) is 8.53. The molecule has 0 amide bonds. The van der Waals surface area contributed by atoms with Crippen LogP contribution in [-0.4, -0.2) is 23.8 Å². The van der Waals surface area contributed by atoms with Gasteiger partial charge in [0.15, 0.2) is 0 Å². The molecule has 0 aromatic heterocycles. The summed E-state index contributed by atoms with van der Waals surface area (Å²) < 4.78 is 10.8. The number of hydrogen-bond acceptors (Lipinski definition) is 6. The maximum atomic E-state index is 11.2. The van der Waals surface area contributed by atoms with E-state index in [9.17, 15) is 9.59 Å². The fourth-order valence-electron chi connectivity index (χ4n) is 4.37. The van der Waals surface area contributed by atoms with Gasteiger partial charge < -0.3 is 14.3 Å². The van der Waals surface area contributed by atoms with E-state index in [2.05, 4.69) is 4.84 Å². The SMILES string of the molecule is CC(=O)OC1C2CC3CC(OC(=O)ON)(C2)CC31. The predicted molar refractivity (Wildman–Crippen MR) is 59.0 cm³/mol. The number of hydrogen-bond donors (Lipinski definition) is 1. The van der Waals surface area contributed by atoms with Gasteiger partial charge >= 0.3 is 12.1 Å². The van der Waals surface area contributed by atoms with Crippen molar-refractivity contribution in [2.24, 2.45) is 23.7 Å². The summed E-state index contributed by atoms with van der Waals surface area (Å²) in [5.74, 6) is 5.69. The van der Waals surface area contributed by atoms with Crippen LogP contribution in [0.3, 0.4) is 0 Å². The molecule has 0 aliphatic heterocycles. The number of ether oxygens (including phenoxy) is 2. The smallest absolute Gasteiger partial charge is 0.462 e. The zero-order valence-electron chi connectivity index (χ0n) is 10.3. The molecule has 2 N–H and O–H groups in total. The molecule has 4 aliphatic carbocycles. The first kappa shape index (κ1) is 11.8. The minimum Gasteiger partial charge on any atom is -0.462 e. The largest absolute Gasteiger partial charge is 0.528 e. The maximum absolute atomic E-state index is 11.2. The second-order valence-electron chi connectivity index (χ2n) is 5.76. The van der Waals surface area contributed by atoms with E-state index in [1.807, 2.05) is 0 Å². The number of carbonyl (C=O) groups excluding carboxylic acids is 2. The molecular weight excluding hydrogens is 238 g/mol. The molecule has 0 aromatic carbocycles. The van der Waals surface area contributed by atoms with E-state index in [-0.39, 0.29) is 12.1 Å². The van der Waals surface area contributed by atoms with E-state index < -0.39 is 11.8 Å². The Labute approximate surface area is 105 Å². The second kappa shape index (κ2) is 3.85. The Morgan fingerprint density at radius 1 is 1.22 bits per heavy atom. The van der Waals surface area contributed by atoms with Crippen LogP contribution in [0.15, 0.2) is 0 Å². The third kappa shape index (κ3) is 1.67. The molecule has 18 heavy (non-hydrogen) atoms. The van der Waals surface area contributed by atoms with Crippen molar-refractivity contribution in [1.29, 1.82) is 0 Å². The van der Waals surface area contributed by atoms with Gasteiger partial charge in [0, 0.05) is 18.8 Å². The van der Waals surface area contributed by atoms with Gasteiger partial charge in [-0.15, -0.1) is 0 Å². The molecule has 4 aliphatic rings. The molecular formula is C12H17NO5. The Hall–Kier alpha value is -1.30. The summed E-state index contributed by atoms with van der Waals surface area (Å²) in [6.45, 7) is 1.44. The molecule has 4 bridgehead atoms. The number of esters is 1. The van der Waals surface area contributed by atoms with Gasteiger partial charge in [-0.2, -0.15) is 5.90 Å². The predicted octanol–water partition coefficient (Wildman–Crippen LogP) is 1.13. The Bertz CT molecular complexity index is 394. The first-order valence-corrected chi connectivity index (χ1v) is 6.30. The highest BCUT2D eigenvalue weighted by Crippen LogP contribution is 2.62. The van der Waals surface area contributed by atoms with Crippen LogP contribution in [-0.2, 0) is 19.1 Å². The molecule has 5 unspecified atom stereocenters. The summed E-state index contributed by atoms with van der Waals surface area (Å²) in [5.41, 5.74) is -0.439. The summed E-state index contributed by atoms with van der Waals surface area (Å²) in [7, 11) is 0. The van der Waals surface area contributed by atoms with Gasteiger partial charge in [-0.05, 0) is 31.6 Å². The summed E-state index contributed by atoms with van der Waals surface area (Å²) in [6, 6.07) is 0. The van der Waals surface area contributed by atoms with Crippen molar-refractivity contribution in [2.45, 2.75) is 44.3 Å². The maximum Gasteiger partial charge on any atom is 0.528 e. The lowest BCUT2D eigenvalue weighted by Gasteiger charge is -2.39. The Morgan fingerprint density at radius 3 is 2.56 bits per heavy atom. The van der Waals surface area contributed by atoms with Crippen molar-refractivity contribution in [1.82, 2.24) is 0 Å². The second-order valence-corrected chi connectivity index (χ2v) is 5.76. The quantitative estimate of drug-likeness (QED) is 0.588. The highest BCUT2D eigenvalue weighted by atomic mass is 16.8. The van der Waals surface area contributed by atoms with Gasteiger partial charge in [-0.1, -0.05) is 0 Å². The molecule has 0 saturated heterocycles. The minimum atomic E-state index is -0.819. The monoisotopic (exact) mass is 255 g/mol. The molecule has 6 nitrogen and oxygen atoms in total. The summed E-state index contributed by atoms with van der Waals surface area (Å²) in [5, 5.41) is 0. The average Bonchev–Trinajstić information content (AvgIpc) is 2.67. The van der Waals surface area contributed by atoms with Crippen LogP contribution >= 0.6 is 0 Å². The molecule has 100 valence electrons. The molecule has 4 rings (SSSR count). The van der Waals surface area contributed by atoms with Crippen LogP contribution in [0.1, 0.15) is 32.6 Å². The minimum absolute atomic E-state index is 0.000576. The molecule has 0 aromatic rings. The van der Waals surface area contributed by atoms with E-state index in [4.69, 9.17) is 15.4 Å². The number of rotatable bonds is 2. The van der Waals surface area contributed by atoms with Crippen LogP contribution < -0.4 is 5.90 Å². The van der Waals surface area contributed by atoms with Crippen LogP contribution in [0.2, 0.25) is 0 Å². The van der Waals surface area contributed by atoms with Gasteiger partial charge in [-0.3, -0.25) is 4.79 Å². The standard InChI is InChI=1S/C12H17NO5/c1-6(14)16-10-8-2-7-3-12(4-8,5-9(7)10)17-11(15)18-13/h7-10H,2-5,13H2,1H3. The summed E-state index contributed by atoms with van der Waals surface area (Å²) in [4.78, 5) is 26.4. The molecule has 0 radical (unpaired) electrons. The van der Waals surface area contributed by atoms with Crippen LogP contribution in [0.5, 0.6) is 0 Å². The lowest BCUT2D eigenvalue weighted by molar-refractivity contribution is -0.156. The Balaban J connectivity index is 1.74. The van der Waals surface area contributed by atoms with Gasteiger partial charge in [0.2, 0.25) is 0 Å². The molecule has 0 spiro atoms. The van der Waals surface area contributed by atoms with E-state index in [1.165, 1.54) is 6.92 Å². The van der Waals surface area contributed by atoms with E-state index in [1.54, 1.807) is 0 Å². The van der Waals surface area contributed by atoms with E-state index in [0.29, 0.717) is 17.8 Å². The van der Waals surface area contributed by atoms with Crippen molar-refractivity contribution in [3.8, 4) is 0 Å². The number of carbonyl (C=O) groups is 2. The van der Waals surface area contributed by atoms with Gasteiger partial charge in [0.1, 0.15) is 11.7 Å². The fraction of sp³-hybridized carbons (Fsp3) is 0.833. The van der Waals surface area contributed by atoms with Crippen LogP contribution in [0.25, 0.3) is 0 Å². The molecule has 4 saturated carbocycles. The van der Waals surface area contributed by atoms with Gasteiger partial charge in [0.25, 0.3) is 0 Å². The Morgan fingerprint density at radius 2 is 1.94 bits per heavy atom. The van der Waals surface area contributed by atoms with Crippen molar-refractivity contribution in [2.75, 3.05) is 0 Å². The van der Waals surface area contributed by atoms with Crippen molar-refractivity contribution < 1.29 is 23.9 Å². The highest BCUT2D eigenvalue weighted by molar-refractivity contribution is 5.66. The molecule has 0 heterocycles. The first-order valence-electron chi connectivity index (χ1n) is 6.30. The molecule has 4 fully saturated rings. The zero-order chi connectivity index (χ0) is 12.9. The topological polar surface area (TPSA) is 87.8 Å². The van der Waals surface area contributed by atoms with Crippen LogP contribution in [0, 0.1) is 17.8 Å². The third-order valence-electron chi connectivity index (χ3n) is 4.67. The van der Waals surface area contributed by atoms with E-state index in [0.717, 1.165) is 25.7 Å². The van der Waals surface area contributed by atoms with Crippen molar-refractivity contribution in [3.63, 3.8) is 0 Å². The summed E-state index contributed by atoms with van der Waals surface area (Å²) >= 11 is 0. The normalized spacial score (nSPS) is 43.9. The lowest BCUT2D eigenvalue weighted by atomic mass is 9.77. The average molecular weight is 255 g/mol. The lowest BCUT2D eigenvalue weighted by Crippen LogP contribution is -2.44. The van der Waals surface area contributed by atoms with E-state index >= 15 is 0 Å². The van der Waals surface area contributed by atoms with Gasteiger partial charge in [-0.25, -0.2) is 4.79 Å². The molecule has 6 heteroatoms. The third-order valence-corrected chi connectivity index (χ3v) is 4.67. The molecule has 5 atom stereocenters. The number of nitrogens with two attached hydrogens (primary N) is 1. The van der Waals surface area contributed by atoms with Crippen LogP contribution in [0.4, 0.5) is 4.79 Å². The Kier molecular flexibility index (Phi) is 2.52. The summed E-state index contributed by atoms with van der Waals surface area (Å²) in [6.07, 6.45) is 2.57. The zero-order valence-corrected chi connectivity index (χ0v) is 10.3. The fourth-order valence-corrected chi connectivity index (χ4v) is 4.37.